The molecule has 0 amide bonds. The topological polar surface area (TPSA) is 35.5 Å². The second-order valence-corrected chi connectivity index (χ2v) is 3.56. The molecule has 0 aromatic rings. The highest BCUT2D eigenvalue weighted by Gasteiger charge is 2.09. The number of hydrogen-bond acceptors (Lipinski definition) is 3. The maximum Gasteiger partial charge on any atom is 0.0597 e. The van der Waals surface area contributed by atoms with Gasteiger partial charge in [0.2, 0.25) is 0 Å². The Kier molecular flexibility index (Phi) is 6.34. The SMILES string of the molecule is CCN(C)CC(CO)NC(C)C. The van der Waals surface area contributed by atoms with Crippen LogP contribution in [0.25, 0.3) is 0 Å². The summed E-state index contributed by atoms with van der Waals surface area (Å²) in [5, 5.41) is 12.3. The second kappa shape index (κ2) is 6.40. The lowest BCUT2D eigenvalue weighted by Gasteiger charge is -2.24. The lowest BCUT2D eigenvalue weighted by atomic mass is 10.2. The maximum absolute atomic E-state index is 9.03. The molecule has 0 aliphatic heterocycles. The molecule has 3 nitrogen and oxygen atoms in total. The largest absolute Gasteiger partial charge is 0.395 e. The number of rotatable bonds is 6. The van der Waals surface area contributed by atoms with E-state index in [1.54, 1.807) is 0 Å². The van der Waals surface area contributed by atoms with E-state index in [2.05, 4.69) is 38.0 Å². The Labute approximate surface area is 75.8 Å². The molecule has 0 saturated carbocycles. The van der Waals surface area contributed by atoms with Gasteiger partial charge in [0.25, 0.3) is 0 Å². The molecule has 1 unspecified atom stereocenters. The normalized spacial score (nSPS) is 14.2. The van der Waals surface area contributed by atoms with Gasteiger partial charge in [-0.25, -0.2) is 0 Å². The molecular formula is C9H22N2O. The first-order chi connectivity index (χ1) is 5.60. The van der Waals surface area contributed by atoms with Gasteiger partial charge in [-0.1, -0.05) is 20.8 Å². The van der Waals surface area contributed by atoms with Gasteiger partial charge < -0.3 is 15.3 Å². The van der Waals surface area contributed by atoms with Crippen LogP contribution in [-0.2, 0) is 0 Å². The fourth-order valence-corrected chi connectivity index (χ4v) is 1.14. The van der Waals surface area contributed by atoms with Crippen LogP contribution in [0.1, 0.15) is 20.8 Å². The van der Waals surface area contributed by atoms with Crippen molar-refractivity contribution in [2.45, 2.75) is 32.9 Å². The molecule has 0 spiro atoms. The van der Waals surface area contributed by atoms with Crippen LogP contribution in [-0.4, -0.2) is 48.8 Å². The third-order valence-corrected chi connectivity index (χ3v) is 1.86. The van der Waals surface area contributed by atoms with Crippen molar-refractivity contribution in [1.82, 2.24) is 10.2 Å². The van der Waals surface area contributed by atoms with Gasteiger partial charge in [-0.15, -0.1) is 0 Å². The van der Waals surface area contributed by atoms with Crippen LogP contribution in [0.3, 0.4) is 0 Å². The molecule has 3 heteroatoms. The Morgan fingerprint density at radius 2 is 2.00 bits per heavy atom. The number of hydrogen-bond donors (Lipinski definition) is 2. The van der Waals surface area contributed by atoms with Crippen molar-refractivity contribution in [3.63, 3.8) is 0 Å². The average Bonchev–Trinajstić information content (AvgIpc) is 2.02. The summed E-state index contributed by atoms with van der Waals surface area (Å²) < 4.78 is 0. The summed E-state index contributed by atoms with van der Waals surface area (Å²) >= 11 is 0. The summed E-state index contributed by atoms with van der Waals surface area (Å²) in [5.74, 6) is 0. The van der Waals surface area contributed by atoms with Crippen molar-refractivity contribution in [3.05, 3.63) is 0 Å². The van der Waals surface area contributed by atoms with Crippen LogP contribution in [0.2, 0.25) is 0 Å². The fraction of sp³-hybridized carbons (Fsp3) is 1.00. The second-order valence-electron chi connectivity index (χ2n) is 3.56. The van der Waals surface area contributed by atoms with Gasteiger partial charge >= 0.3 is 0 Å². The fourth-order valence-electron chi connectivity index (χ4n) is 1.14. The highest BCUT2D eigenvalue weighted by Crippen LogP contribution is 1.90. The first-order valence-corrected chi connectivity index (χ1v) is 4.65. The molecule has 0 bridgehead atoms. The van der Waals surface area contributed by atoms with Crippen LogP contribution in [0.15, 0.2) is 0 Å². The Balaban J connectivity index is 3.66. The molecule has 0 saturated heterocycles. The number of nitrogens with one attached hydrogen (secondary N) is 1. The number of aliphatic hydroxyl groups excluding tert-OH is 1. The molecule has 0 fully saturated rings. The first kappa shape index (κ1) is 11.9. The Morgan fingerprint density at radius 1 is 1.42 bits per heavy atom. The van der Waals surface area contributed by atoms with Gasteiger partial charge in [0.15, 0.2) is 0 Å². The zero-order chi connectivity index (χ0) is 9.56. The minimum atomic E-state index is 0.204. The molecule has 0 aromatic carbocycles. The minimum Gasteiger partial charge on any atom is -0.395 e. The van der Waals surface area contributed by atoms with Crippen LogP contribution < -0.4 is 5.32 Å². The zero-order valence-corrected chi connectivity index (χ0v) is 8.67. The lowest BCUT2D eigenvalue weighted by Crippen LogP contribution is -2.44. The van der Waals surface area contributed by atoms with E-state index < -0.39 is 0 Å². The van der Waals surface area contributed by atoms with E-state index in [-0.39, 0.29) is 12.6 Å². The van der Waals surface area contributed by atoms with Gasteiger partial charge in [-0.3, -0.25) is 0 Å². The van der Waals surface area contributed by atoms with Crippen molar-refractivity contribution in [1.29, 1.82) is 0 Å². The summed E-state index contributed by atoms with van der Waals surface area (Å²) in [6.45, 7) is 8.44. The summed E-state index contributed by atoms with van der Waals surface area (Å²) in [6, 6.07) is 0.641. The molecule has 12 heavy (non-hydrogen) atoms. The van der Waals surface area contributed by atoms with Crippen LogP contribution in [0.4, 0.5) is 0 Å². The standard InChI is InChI=1S/C9H22N2O/c1-5-11(4)6-9(7-12)10-8(2)3/h8-10,12H,5-7H2,1-4H3. The van der Waals surface area contributed by atoms with Crippen molar-refractivity contribution in [2.24, 2.45) is 0 Å². The number of likely N-dealkylation sites (N-methyl/N-ethyl adjacent to an activating group) is 1. The molecule has 0 heterocycles. The van der Waals surface area contributed by atoms with Crippen molar-refractivity contribution in [2.75, 3.05) is 26.7 Å². The summed E-state index contributed by atoms with van der Waals surface area (Å²) in [5.41, 5.74) is 0. The monoisotopic (exact) mass is 174 g/mol. The summed E-state index contributed by atoms with van der Waals surface area (Å²) in [4.78, 5) is 2.19. The van der Waals surface area contributed by atoms with Gasteiger partial charge in [0, 0.05) is 18.6 Å². The van der Waals surface area contributed by atoms with Crippen molar-refractivity contribution >= 4 is 0 Å². The van der Waals surface area contributed by atoms with Crippen molar-refractivity contribution < 1.29 is 5.11 Å². The molecular weight excluding hydrogens is 152 g/mol. The Hall–Kier alpha value is -0.120. The van der Waals surface area contributed by atoms with Gasteiger partial charge in [-0.05, 0) is 13.6 Å². The van der Waals surface area contributed by atoms with Gasteiger partial charge in [0.05, 0.1) is 6.61 Å². The first-order valence-electron chi connectivity index (χ1n) is 4.65. The number of nitrogens with zero attached hydrogens (tertiary/aromatic N) is 1. The van der Waals surface area contributed by atoms with E-state index in [1.165, 1.54) is 0 Å². The van der Waals surface area contributed by atoms with Gasteiger partial charge in [-0.2, -0.15) is 0 Å². The number of aliphatic hydroxyl groups is 1. The zero-order valence-electron chi connectivity index (χ0n) is 8.67. The molecule has 74 valence electrons. The summed E-state index contributed by atoms with van der Waals surface area (Å²) in [7, 11) is 2.06. The Bertz CT molecular complexity index is 107. The maximum atomic E-state index is 9.03. The molecule has 0 aromatic heterocycles. The molecule has 0 radical (unpaired) electrons. The summed E-state index contributed by atoms with van der Waals surface area (Å²) in [6.07, 6.45) is 0. The average molecular weight is 174 g/mol. The highest BCUT2D eigenvalue weighted by atomic mass is 16.3. The molecule has 0 rings (SSSR count). The van der Waals surface area contributed by atoms with E-state index in [1.807, 2.05) is 0 Å². The third-order valence-electron chi connectivity index (χ3n) is 1.86. The predicted octanol–water partition coefficient (Wildman–Crippen LogP) is 0.297. The van der Waals surface area contributed by atoms with Crippen molar-refractivity contribution in [3.8, 4) is 0 Å². The highest BCUT2D eigenvalue weighted by molar-refractivity contribution is 4.70. The smallest absolute Gasteiger partial charge is 0.0597 e. The minimum absolute atomic E-state index is 0.204. The van der Waals surface area contributed by atoms with E-state index in [9.17, 15) is 0 Å². The van der Waals surface area contributed by atoms with Crippen LogP contribution in [0.5, 0.6) is 0 Å². The van der Waals surface area contributed by atoms with Crippen LogP contribution >= 0.6 is 0 Å². The molecule has 1 atom stereocenters. The van der Waals surface area contributed by atoms with E-state index >= 15 is 0 Å². The van der Waals surface area contributed by atoms with E-state index in [0.29, 0.717) is 6.04 Å². The quantitative estimate of drug-likeness (QED) is 0.608. The molecule has 0 aliphatic carbocycles. The molecule has 0 aliphatic rings. The molecule has 2 N–H and O–H groups in total. The van der Waals surface area contributed by atoms with E-state index in [4.69, 9.17) is 5.11 Å². The lowest BCUT2D eigenvalue weighted by molar-refractivity contribution is 0.195. The predicted molar refractivity (Wildman–Crippen MR) is 52.3 cm³/mol. The van der Waals surface area contributed by atoms with E-state index in [0.717, 1.165) is 13.1 Å². The Morgan fingerprint density at radius 3 is 2.33 bits per heavy atom. The van der Waals surface area contributed by atoms with Crippen LogP contribution in [0, 0.1) is 0 Å². The third kappa shape index (κ3) is 5.52. The van der Waals surface area contributed by atoms with Gasteiger partial charge in [0.1, 0.15) is 0 Å².